The van der Waals surface area contributed by atoms with Crippen LogP contribution in [0.3, 0.4) is 0 Å². The molecule has 1 aromatic rings. The summed E-state index contributed by atoms with van der Waals surface area (Å²) in [4.78, 5) is 21.1. The summed E-state index contributed by atoms with van der Waals surface area (Å²) in [6, 6.07) is 6.00. The number of benzene rings is 1. The molecule has 0 aliphatic carbocycles. The second-order valence-corrected chi connectivity index (χ2v) is 4.33. The average molecular weight is 304 g/mol. The summed E-state index contributed by atoms with van der Waals surface area (Å²) in [5.41, 5.74) is 0.743. The van der Waals surface area contributed by atoms with Crippen molar-refractivity contribution in [3.05, 3.63) is 29.8 Å². The smallest absolute Gasteiger partial charge is 0.471 e. The van der Waals surface area contributed by atoms with E-state index in [9.17, 15) is 22.8 Å². The number of alkyl halides is 3. The largest absolute Gasteiger partial charge is 0.481 e. The van der Waals surface area contributed by atoms with E-state index in [1.54, 1.807) is 11.4 Å². The monoisotopic (exact) mass is 304 g/mol. The molecular formula is C13H15F3N2O3. The highest BCUT2D eigenvalue weighted by atomic mass is 19.4. The molecule has 0 aliphatic rings. The van der Waals surface area contributed by atoms with E-state index >= 15 is 0 Å². The van der Waals surface area contributed by atoms with Gasteiger partial charge in [0, 0.05) is 18.7 Å². The molecule has 0 heterocycles. The molecule has 0 unspecified atom stereocenters. The predicted molar refractivity (Wildman–Crippen MR) is 69.7 cm³/mol. The maximum atomic E-state index is 12.1. The summed E-state index contributed by atoms with van der Waals surface area (Å²) in [5.74, 6) is -2.90. The number of rotatable bonds is 7. The first-order valence-corrected chi connectivity index (χ1v) is 6.18. The van der Waals surface area contributed by atoms with Crippen LogP contribution in [-0.4, -0.2) is 29.7 Å². The average Bonchev–Trinajstić information content (AvgIpc) is 2.37. The van der Waals surface area contributed by atoms with Crippen molar-refractivity contribution in [1.82, 2.24) is 5.32 Å². The maximum Gasteiger partial charge on any atom is 0.471 e. The fourth-order valence-corrected chi connectivity index (χ4v) is 1.56. The van der Waals surface area contributed by atoms with Gasteiger partial charge in [0.1, 0.15) is 0 Å². The number of amides is 1. The number of aliphatic carboxylic acids is 1. The molecule has 1 amide bonds. The molecular weight excluding hydrogens is 289 g/mol. The zero-order valence-electron chi connectivity index (χ0n) is 11.0. The number of carboxylic acids is 1. The second-order valence-electron chi connectivity index (χ2n) is 4.33. The summed E-state index contributed by atoms with van der Waals surface area (Å²) in [6.07, 6.45) is -4.42. The number of hydrogen-bond donors (Lipinski definition) is 3. The SMILES string of the molecule is O=C(O)CCCNCc1cccc(NC(=O)C(F)(F)F)c1. The van der Waals surface area contributed by atoms with Crippen LogP contribution in [0, 0.1) is 0 Å². The van der Waals surface area contributed by atoms with Crippen LogP contribution in [0.1, 0.15) is 18.4 Å². The number of nitrogens with one attached hydrogen (secondary N) is 2. The van der Waals surface area contributed by atoms with Crippen LogP contribution in [0.15, 0.2) is 24.3 Å². The van der Waals surface area contributed by atoms with Crippen LogP contribution in [0.5, 0.6) is 0 Å². The summed E-state index contributed by atoms with van der Waals surface area (Å²) >= 11 is 0. The Balaban J connectivity index is 2.45. The normalized spacial score (nSPS) is 11.2. The lowest BCUT2D eigenvalue weighted by molar-refractivity contribution is -0.167. The van der Waals surface area contributed by atoms with Gasteiger partial charge in [-0.15, -0.1) is 0 Å². The summed E-state index contributed by atoms with van der Waals surface area (Å²) < 4.78 is 36.3. The third kappa shape index (κ3) is 6.75. The van der Waals surface area contributed by atoms with E-state index < -0.39 is 18.1 Å². The molecule has 0 radical (unpaired) electrons. The summed E-state index contributed by atoms with van der Waals surface area (Å²) in [7, 11) is 0. The van der Waals surface area contributed by atoms with Gasteiger partial charge in [0.2, 0.25) is 0 Å². The zero-order chi connectivity index (χ0) is 15.9. The highest BCUT2D eigenvalue weighted by Gasteiger charge is 2.38. The van der Waals surface area contributed by atoms with E-state index in [0.29, 0.717) is 25.1 Å². The molecule has 0 spiro atoms. The summed E-state index contributed by atoms with van der Waals surface area (Å²) in [5, 5.41) is 13.2. The highest BCUT2D eigenvalue weighted by Crippen LogP contribution is 2.18. The van der Waals surface area contributed by atoms with Gasteiger partial charge in [-0.3, -0.25) is 9.59 Å². The number of carbonyl (C=O) groups excluding carboxylic acids is 1. The number of anilines is 1. The molecule has 8 heteroatoms. The van der Waals surface area contributed by atoms with Crippen molar-refractivity contribution >= 4 is 17.6 Å². The maximum absolute atomic E-state index is 12.1. The van der Waals surface area contributed by atoms with Crippen LogP contribution >= 0.6 is 0 Å². The Morgan fingerprint density at radius 1 is 1.24 bits per heavy atom. The lowest BCUT2D eigenvalue weighted by Crippen LogP contribution is -2.29. The van der Waals surface area contributed by atoms with Crippen molar-refractivity contribution in [1.29, 1.82) is 0 Å². The molecule has 116 valence electrons. The Labute approximate surface area is 119 Å². The van der Waals surface area contributed by atoms with E-state index in [1.165, 1.54) is 18.2 Å². The van der Waals surface area contributed by atoms with E-state index in [0.717, 1.165) is 0 Å². The van der Waals surface area contributed by atoms with Crippen molar-refractivity contribution in [3.63, 3.8) is 0 Å². The fourth-order valence-electron chi connectivity index (χ4n) is 1.56. The molecule has 0 saturated heterocycles. The lowest BCUT2D eigenvalue weighted by atomic mass is 10.2. The van der Waals surface area contributed by atoms with Gasteiger partial charge in [-0.2, -0.15) is 13.2 Å². The second kappa shape index (κ2) is 7.63. The van der Waals surface area contributed by atoms with Crippen molar-refractivity contribution in [2.45, 2.75) is 25.6 Å². The Bertz CT molecular complexity index is 504. The number of carboxylic acid groups (broad SMARTS) is 1. The van der Waals surface area contributed by atoms with Crippen LogP contribution < -0.4 is 10.6 Å². The zero-order valence-corrected chi connectivity index (χ0v) is 11.0. The fraction of sp³-hybridized carbons (Fsp3) is 0.385. The highest BCUT2D eigenvalue weighted by molar-refractivity contribution is 5.94. The minimum atomic E-state index is -4.93. The van der Waals surface area contributed by atoms with Gasteiger partial charge in [0.25, 0.3) is 0 Å². The Hall–Kier alpha value is -2.09. The molecule has 0 bridgehead atoms. The number of carbonyl (C=O) groups is 2. The predicted octanol–water partition coefficient (Wildman–Crippen LogP) is 2.14. The first-order valence-electron chi connectivity index (χ1n) is 6.18. The van der Waals surface area contributed by atoms with Crippen LogP contribution in [0.25, 0.3) is 0 Å². The quantitative estimate of drug-likeness (QED) is 0.674. The first-order chi connectivity index (χ1) is 9.79. The number of hydrogen-bond acceptors (Lipinski definition) is 3. The van der Waals surface area contributed by atoms with Crippen molar-refractivity contribution in [2.24, 2.45) is 0 Å². The molecule has 5 nitrogen and oxygen atoms in total. The molecule has 0 saturated carbocycles. The summed E-state index contributed by atoms with van der Waals surface area (Å²) in [6.45, 7) is 0.848. The van der Waals surface area contributed by atoms with Gasteiger partial charge in [0.15, 0.2) is 0 Å². The van der Waals surface area contributed by atoms with Crippen molar-refractivity contribution in [2.75, 3.05) is 11.9 Å². The molecule has 0 atom stereocenters. The minimum Gasteiger partial charge on any atom is -0.481 e. The molecule has 0 fully saturated rings. The lowest BCUT2D eigenvalue weighted by Gasteiger charge is -2.10. The van der Waals surface area contributed by atoms with Crippen LogP contribution in [-0.2, 0) is 16.1 Å². The molecule has 21 heavy (non-hydrogen) atoms. The molecule has 0 aromatic heterocycles. The van der Waals surface area contributed by atoms with Crippen molar-refractivity contribution in [3.8, 4) is 0 Å². The molecule has 0 aliphatic heterocycles. The van der Waals surface area contributed by atoms with E-state index in [2.05, 4.69) is 5.32 Å². The third-order valence-corrected chi connectivity index (χ3v) is 2.52. The van der Waals surface area contributed by atoms with Crippen molar-refractivity contribution < 1.29 is 27.9 Å². The molecule has 1 rings (SSSR count). The molecule has 1 aromatic carbocycles. The minimum absolute atomic E-state index is 0.0503. The van der Waals surface area contributed by atoms with Gasteiger partial charge in [-0.05, 0) is 30.7 Å². The van der Waals surface area contributed by atoms with Gasteiger partial charge in [-0.25, -0.2) is 0 Å². The van der Waals surface area contributed by atoms with Gasteiger partial charge >= 0.3 is 18.1 Å². The van der Waals surface area contributed by atoms with Crippen LogP contribution in [0.2, 0.25) is 0 Å². The van der Waals surface area contributed by atoms with Gasteiger partial charge in [-0.1, -0.05) is 12.1 Å². The number of halogens is 3. The van der Waals surface area contributed by atoms with E-state index in [1.807, 2.05) is 0 Å². The van der Waals surface area contributed by atoms with Gasteiger partial charge in [0.05, 0.1) is 0 Å². The standard InChI is InChI=1S/C13H15F3N2O3/c14-13(15,16)12(21)18-10-4-1-3-9(7-10)8-17-6-2-5-11(19)20/h1,3-4,7,17H,2,5-6,8H2,(H,18,21)(H,19,20). The van der Waals surface area contributed by atoms with E-state index in [4.69, 9.17) is 5.11 Å². The third-order valence-electron chi connectivity index (χ3n) is 2.52. The first kappa shape index (κ1) is 17.0. The van der Waals surface area contributed by atoms with Gasteiger partial charge < -0.3 is 15.7 Å². The topological polar surface area (TPSA) is 78.4 Å². The van der Waals surface area contributed by atoms with Crippen LogP contribution in [0.4, 0.5) is 18.9 Å². The molecule has 3 N–H and O–H groups in total. The Morgan fingerprint density at radius 3 is 2.57 bits per heavy atom. The Morgan fingerprint density at radius 2 is 1.95 bits per heavy atom. The van der Waals surface area contributed by atoms with E-state index in [-0.39, 0.29) is 12.1 Å². The Kier molecular flexibility index (Phi) is 6.16.